The van der Waals surface area contributed by atoms with Gasteiger partial charge in [0.15, 0.2) is 0 Å². The highest BCUT2D eigenvalue weighted by atomic mass is 35.5. The highest BCUT2D eigenvalue weighted by molar-refractivity contribution is 6.26. The highest BCUT2D eigenvalue weighted by Gasteiger charge is 2.05. The van der Waals surface area contributed by atoms with Crippen LogP contribution in [0.2, 0.25) is 0 Å². The number of halogens is 1. The van der Waals surface area contributed by atoms with E-state index in [1.807, 2.05) is 0 Å². The van der Waals surface area contributed by atoms with Crippen molar-refractivity contribution in [1.29, 1.82) is 0 Å². The van der Waals surface area contributed by atoms with Crippen LogP contribution in [0.25, 0.3) is 0 Å². The molecule has 1 N–H and O–H groups in total. The van der Waals surface area contributed by atoms with Gasteiger partial charge in [-0.2, -0.15) is 0 Å². The molecule has 5 heteroatoms. The lowest BCUT2D eigenvalue weighted by Crippen LogP contribution is -2.26. The van der Waals surface area contributed by atoms with Gasteiger partial charge in [0.05, 0.1) is 0 Å². The molecule has 0 spiro atoms. The molecule has 0 rings (SSSR count). The molecule has 0 aromatic rings. The van der Waals surface area contributed by atoms with Crippen LogP contribution in [0, 0.1) is 0 Å². The summed E-state index contributed by atoms with van der Waals surface area (Å²) in [5, 5.41) is 2.27. The molecule has 0 radical (unpaired) electrons. The predicted molar refractivity (Wildman–Crippen MR) is 35.9 cm³/mol. The first kappa shape index (κ1) is 9.23. The van der Waals surface area contributed by atoms with Crippen LogP contribution in [-0.2, 0) is 9.53 Å². The number of esters is 1. The van der Waals surface area contributed by atoms with Gasteiger partial charge < -0.3 is 10.1 Å². The molecule has 0 bridgehead atoms. The third-order valence-electron chi connectivity index (χ3n) is 0.637. The molecule has 0 unspecified atom stereocenters. The zero-order valence-electron chi connectivity index (χ0n) is 5.52. The van der Waals surface area contributed by atoms with Crippen LogP contribution in [0.3, 0.4) is 0 Å². The van der Waals surface area contributed by atoms with E-state index in [1.165, 1.54) is 0 Å². The molecule has 0 aliphatic rings. The largest absolute Gasteiger partial charge is 0.414 e. The minimum atomic E-state index is -0.756. The second-order valence-corrected chi connectivity index (χ2v) is 1.69. The lowest BCUT2D eigenvalue weighted by Gasteiger charge is -1.99. The number of hydrogen-bond donors (Lipinski definition) is 1. The lowest BCUT2D eigenvalue weighted by atomic mass is 10.7. The van der Waals surface area contributed by atoms with Crippen molar-refractivity contribution in [1.82, 2.24) is 5.32 Å². The molecule has 0 heterocycles. The second-order valence-electron chi connectivity index (χ2n) is 1.43. The van der Waals surface area contributed by atoms with Gasteiger partial charge in [0.2, 0.25) is 0 Å². The van der Waals surface area contributed by atoms with Crippen LogP contribution < -0.4 is 5.32 Å². The quantitative estimate of drug-likeness (QED) is 0.368. The number of carbonyl (C=O) groups is 2. The van der Waals surface area contributed by atoms with E-state index in [1.54, 1.807) is 6.92 Å². The summed E-state index contributed by atoms with van der Waals surface area (Å²) in [6.07, 6.45) is -0.756. The van der Waals surface area contributed by atoms with Crippen molar-refractivity contribution in [2.24, 2.45) is 0 Å². The maximum atomic E-state index is 10.4. The van der Waals surface area contributed by atoms with Crippen LogP contribution in [0.15, 0.2) is 0 Å². The Morgan fingerprint density at radius 2 is 2.20 bits per heavy atom. The second kappa shape index (κ2) is 5.05. The fourth-order valence-electron chi connectivity index (χ4n) is 0.311. The summed E-state index contributed by atoms with van der Waals surface area (Å²) in [6.45, 7) is 2.14. The number of ether oxygens (including phenoxy) is 1. The average Bonchev–Trinajstić information content (AvgIpc) is 1.88. The van der Waals surface area contributed by atoms with E-state index >= 15 is 0 Å². The van der Waals surface area contributed by atoms with Gasteiger partial charge in [-0.3, -0.25) is 4.79 Å². The first-order chi connectivity index (χ1) is 4.70. The van der Waals surface area contributed by atoms with Gasteiger partial charge >= 0.3 is 12.1 Å². The van der Waals surface area contributed by atoms with Gasteiger partial charge in [-0.1, -0.05) is 0 Å². The molecule has 58 valence electrons. The molecule has 0 fully saturated rings. The Morgan fingerprint density at radius 1 is 1.60 bits per heavy atom. The Kier molecular flexibility index (Phi) is 4.66. The lowest BCUT2D eigenvalue weighted by molar-refractivity contribution is -0.134. The Balaban J connectivity index is 3.47. The maximum Gasteiger partial charge on any atom is 0.414 e. The summed E-state index contributed by atoms with van der Waals surface area (Å²) in [4.78, 5) is 20.7. The number of nitrogens with one attached hydrogen (secondary N) is 1. The highest BCUT2D eigenvalue weighted by Crippen LogP contribution is 1.82. The molecular formula is C5H8ClNO3. The van der Waals surface area contributed by atoms with Crippen LogP contribution in [0.4, 0.5) is 4.79 Å². The average molecular weight is 166 g/mol. The normalized spacial score (nSPS) is 8.60. The van der Waals surface area contributed by atoms with Crippen molar-refractivity contribution in [3.05, 3.63) is 0 Å². The molecule has 0 aromatic heterocycles. The van der Waals surface area contributed by atoms with Crippen LogP contribution >= 0.6 is 11.6 Å². The fourth-order valence-corrected chi connectivity index (χ4v) is 0.366. The first-order valence-electron chi connectivity index (χ1n) is 2.75. The molecule has 0 saturated heterocycles. The standard InChI is InChI=1S/C5H8ClNO3/c1-2-7-5(9)10-4(8)3-6/h2-3H2,1H3,(H,7,9). The summed E-state index contributed by atoms with van der Waals surface area (Å²) in [5.41, 5.74) is 0. The van der Waals surface area contributed by atoms with Crippen LogP contribution in [0.5, 0.6) is 0 Å². The topological polar surface area (TPSA) is 55.4 Å². The Labute approximate surface area is 63.5 Å². The van der Waals surface area contributed by atoms with Gasteiger partial charge in [0, 0.05) is 6.54 Å². The van der Waals surface area contributed by atoms with Crippen molar-refractivity contribution in [2.45, 2.75) is 6.92 Å². The molecule has 0 aliphatic carbocycles. The van der Waals surface area contributed by atoms with Gasteiger partial charge in [-0.05, 0) is 6.92 Å². The van der Waals surface area contributed by atoms with Crippen molar-refractivity contribution in [2.75, 3.05) is 12.4 Å². The van der Waals surface area contributed by atoms with Gasteiger partial charge in [-0.15, -0.1) is 11.6 Å². The number of alkyl halides is 1. The molecule has 0 saturated carbocycles. The minimum Gasteiger partial charge on any atom is -0.375 e. The van der Waals surface area contributed by atoms with E-state index in [0.29, 0.717) is 6.54 Å². The van der Waals surface area contributed by atoms with E-state index in [4.69, 9.17) is 11.6 Å². The Hall–Kier alpha value is -0.770. The van der Waals surface area contributed by atoms with Crippen molar-refractivity contribution in [3.63, 3.8) is 0 Å². The third-order valence-corrected chi connectivity index (χ3v) is 0.855. The van der Waals surface area contributed by atoms with Crippen molar-refractivity contribution < 1.29 is 14.3 Å². The third kappa shape index (κ3) is 4.14. The predicted octanol–water partition coefficient (Wildman–Crippen LogP) is 0.498. The molecule has 1 amide bonds. The van der Waals surface area contributed by atoms with Crippen LogP contribution in [0.1, 0.15) is 6.92 Å². The van der Waals surface area contributed by atoms with E-state index in [2.05, 4.69) is 10.1 Å². The van der Waals surface area contributed by atoms with Gasteiger partial charge in [0.1, 0.15) is 5.88 Å². The molecule has 0 atom stereocenters. The number of hydrogen-bond acceptors (Lipinski definition) is 3. The molecule has 0 aromatic carbocycles. The first-order valence-corrected chi connectivity index (χ1v) is 3.28. The number of rotatable bonds is 2. The Bertz CT molecular complexity index is 137. The smallest absolute Gasteiger partial charge is 0.375 e. The number of alkyl carbamates (subject to hydrolysis) is 1. The zero-order chi connectivity index (χ0) is 7.98. The number of carbonyl (C=O) groups excluding carboxylic acids is 2. The summed E-state index contributed by atoms with van der Waals surface area (Å²) >= 11 is 5.04. The summed E-state index contributed by atoms with van der Waals surface area (Å²) in [6, 6.07) is 0. The maximum absolute atomic E-state index is 10.4. The molecule has 4 nitrogen and oxygen atoms in total. The van der Waals surface area contributed by atoms with E-state index in [0.717, 1.165) is 0 Å². The van der Waals surface area contributed by atoms with Crippen LogP contribution in [-0.4, -0.2) is 24.5 Å². The Morgan fingerprint density at radius 3 is 2.60 bits per heavy atom. The van der Waals surface area contributed by atoms with E-state index in [9.17, 15) is 9.59 Å². The molecule has 0 aliphatic heterocycles. The van der Waals surface area contributed by atoms with Gasteiger partial charge in [0.25, 0.3) is 0 Å². The van der Waals surface area contributed by atoms with Crippen molar-refractivity contribution in [3.8, 4) is 0 Å². The van der Waals surface area contributed by atoms with E-state index < -0.39 is 12.1 Å². The summed E-state index contributed by atoms with van der Waals surface area (Å²) < 4.78 is 4.12. The summed E-state index contributed by atoms with van der Waals surface area (Å²) in [7, 11) is 0. The summed E-state index contributed by atoms with van der Waals surface area (Å²) in [5.74, 6) is -1.05. The van der Waals surface area contributed by atoms with E-state index in [-0.39, 0.29) is 5.88 Å². The SMILES string of the molecule is CCNC(=O)OC(=O)CCl. The molecular weight excluding hydrogens is 158 g/mol. The number of amides is 1. The minimum absolute atomic E-state index is 0.308. The fraction of sp³-hybridized carbons (Fsp3) is 0.600. The molecule has 10 heavy (non-hydrogen) atoms. The monoisotopic (exact) mass is 165 g/mol. The zero-order valence-corrected chi connectivity index (χ0v) is 6.27. The van der Waals surface area contributed by atoms with Crippen molar-refractivity contribution >= 4 is 23.7 Å². The van der Waals surface area contributed by atoms with Gasteiger partial charge in [-0.25, -0.2) is 4.79 Å².